The van der Waals surface area contributed by atoms with E-state index < -0.39 is 0 Å². The van der Waals surface area contributed by atoms with Crippen LogP contribution < -0.4 is 0 Å². The van der Waals surface area contributed by atoms with E-state index in [1.54, 1.807) is 24.1 Å². The molecule has 138 valence electrons. The number of carbonyl (C=O) groups is 2. The third kappa shape index (κ3) is 3.54. The lowest BCUT2D eigenvalue weighted by Gasteiger charge is -2.31. The Balaban J connectivity index is 1.27. The number of aryl methyl sites for hydroxylation is 1. The van der Waals surface area contributed by atoms with Gasteiger partial charge in [0.05, 0.1) is 11.8 Å². The summed E-state index contributed by atoms with van der Waals surface area (Å²) < 4.78 is 3.81. The van der Waals surface area contributed by atoms with E-state index >= 15 is 0 Å². The second-order valence-corrected chi connectivity index (χ2v) is 7.31. The average Bonchev–Trinajstić information content (AvgIpc) is 3.21. The Bertz CT molecular complexity index is 798. The molecule has 8 heteroatoms. The van der Waals surface area contributed by atoms with E-state index in [1.165, 1.54) is 12.8 Å². The molecule has 2 aromatic heterocycles. The molecule has 8 nitrogen and oxygen atoms in total. The fraction of sp³-hybridized carbons (Fsp3) is 0.611. The van der Waals surface area contributed by atoms with Crippen molar-refractivity contribution in [2.45, 2.75) is 50.5 Å². The van der Waals surface area contributed by atoms with Crippen molar-refractivity contribution in [1.29, 1.82) is 0 Å². The molecule has 0 aromatic carbocycles. The van der Waals surface area contributed by atoms with Gasteiger partial charge in [-0.2, -0.15) is 5.10 Å². The topological polar surface area (TPSA) is 85.9 Å². The zero-order valence-corrected chi connectivity index (χ0v) is 15.0. The van der Waals surface area contributed by atoms with Gasteiger partial charge in [-0.1, -0.05) is 0 Å². The molecule has 0 N–H and O–H groups in total. The second kappa shape index (κ2) is 7.01. The highest BCUT2D eigenvalue weighted by atomic mass is 16.2. The van der Waals surface area contributed by atoms with Crippen molar-refractivity contribution >= 4 is 11.7 Å². The Hall–Kier alpha value is -2.51. The normalized spacial score (nSPS) is 18.3. The molecule has 0 spiro atoms. The summed E-state index contributed by atoms with van der Waals surface area (Å²) in [6.45, 7) is 1.45. The number of likely N-dealkylation sites (tertiary alicyclic amines) is 1. The van der Waals surface area contributed by atoms with Crippen LogP contribution in [-0.4, -0.2) is 54.2 Å². The summed E-state index contributed by atoms with van der Waals surface area (Å²) in [5.74, 6) is 1.48. The van der Waals surface area contributed by atoms with Crippen LogP contribution in [0, 0.1) is 0 Å². The number of hydrogen-bond donors (Lipinski definition) is 0. The molecule has 2 aromatic rings. The van der Waals surface area contributed by atoms with Crippen LogP contribution in [0.2, 0.25) is 0 Å². The van der Waals surface area contributed by atoms with E-state index in [0.29, 0.717) is 17.5 Å². The smallest absolute Gasteiger partial charge is 0.223 e. The maximum atomic E-state index is 12.4. The summed E-state index contributed by atoms with van der Waals surface area (Å²) in [4.78, 5) is 26.4. The third-order valence-corrected chi connectivity index (χ3v) is 5.35. The lowest BCUT2D eigenvalue weighted by Crippen LogP contribution is -2.38. The Morgan fingerprint density at radius 2 is 1.92 bits per heavy atom. The van der Waals surface area contributed by atoms with Crippen molar-refractivity contribution in [3.63, 3.8) is 0 Å². The molecular weight excluding hydrogens is 332 g/mol. The highest BCUT2D eigenvalue weighted by molar-refractivity contribution is 5.97. The molecule has 3 heterocycles. The van der Waals surface area contributed by atoms with Gasteiger partial charge in [0.15, 0.2) is 5.78 Å². The quantitative estimate of drug-likeness (QED) is 0.736. The fourth-order valence-electron chi connectivity index (χ4n) is 3.65. The zero-order valence-electron chi connectivity index (χ0n) is 15.0. The number of hydrogen-bond acceptors (Lipinski definition) is 5. The summed E-state index contributed by atoms with van der Waals surface area (Å²) >= 11 is 0. The molecule has 1 saturated carbocycles. The van der Waals surface area contributed by atoms with Gasteiger partial charge in [0.1, 0.15) is 12.2 Å². The van der Waals surface area contributed by atoms with Gasteiger partial charge in [0.2, 0.25) is 5.91 Å². The van der Waals surface area contributed by atoms with Crippen LogP contribution in [0.1, 0.15) is 66.7 Å². The van der Waals surface area contributed by atoms with Gasteiger partial charge in [0, 0.05) is 51.1 Å². The molecule has 0 bridgehead atoms. The maximum absolute atomic E-state index is 12.4. The number of Topliss-reactive ketones (excluding diaryl/α,β-unsaturated/α-hetero) is 1. The number of amides is 1. The van der Waals surface area contributed by atoms with Crippen molar-refractivity contribution in [3.8, 4) is 0 Å². The first-order chi connectivity index (χ1) is 12.6. The molecule has 2 fully saturated rings. The molecule has 1 saturated heterocycles. The van der Waals surface area contributed by atoms with Crippen LogP contribution in [0.25, 0.3) is 0 Å². The van der Waals surface area contributed by atoms with Crippen molar-refractivity contribution in [3.05, 3.63) is 30.1 Å². The molecule has 2 aliphatic rings. The molecule has 0 atom stereocenters. The average molecular weight is 356 g/mol. The first-order valence-corrected chi connectivity index (χ1v) is 9.31. The Labute approximate surface area is 152 Å². The number of aromatic nitrogens is 5. The zero-order chi connectivity index (χ0) is 18.1. The standard InChI is InChI=1S/C18H24N6O2/c1-22-11-14(10-20-22)16(25)4-5-17(26)23-8-6-13(7-9-23)18-21-19-12-24(18)15-2-3-15/h10-13,15H,2-9H2,1H3. The van der Waals surface area contributed by atoms with Crippen LogP contribution >= 0.6 is 0 Å². The summed E-state index contributed by atoms with van der Waals surface area (Å²) in [6, 6.07) is 0.582. The SMILES string of the molecule is Cn1cc(C(=O)CCC(=O)N2CCC(c3nncn3C3CC3)CC2)cn1. The Kier molecular flexibility index (Phi) is 4.57. The van der Waals surface area contributed by atoms with E-state index in [0.717, 1.165) is 31.8 Å². The Morgan fingerprint density at radius 3 is 2.58 bits per heavy atom. The van der Waals surface area contributed by atoms with E-state index in [-0.39, 0.29) is 24.5 Å². The molecule has 1 amide bonds. The van der Waals surface area contributed by atoms with Crippen molar-refractivity contribution in [2.24, 2.45) is 7.05 Å². The predicted molar refractivity (Wildman–Crippen MR) is 93.6 cm³/mol. The number of carbonyl (C=O) groups excluding carboxylic acids is 2. The predicted octanol–water partition coefficient (Wildman–Crippen LogP) is 1.72. The number of rotatable bonds is 6. The van der Waals surface area contributed by atoms with Gasteiger partial charge in [-0.15, -0.1) is 10.2 Å². The van der Waals surface area contributed by atoms with Crippen LogP contribution in [-0.2, 0) is 11.8 Å². The minimum atomic E-state index is -0.0288. The number of ketones is 1. The van der Waals surface area contributed by atoms with E-state index in [9.17, 15) is 9.59 Å². The summed E-state index contributed by atoms with van der Waals surface area (Å²) in [5.41, 5.74) is 0.568. The van der Waals surface area contributed by atoms with Crippen molar-refractivity contribution in [1.82, 2.24) is 29.4 Å². The number of nitrogens with zero attached hydrogens (tertiary/aromatic N) is 6. The van der Waals surface area contributed by atoms with Gasteiger partial charge in [-0.3, -0.25) is 14.3 Å². The van der Waals surface area contributed by atoms with Crippen LogP contribution in [0.4, 0.5) is 0 Å². The summed E-state index contributed by atoms with van der Waals surface area (Å²) in [5, 5.41) is 12.4. The van der Waals surface area contributed by atoms with Crippen molar-refractivity contribution in [2.75, 3.05) is 13.1 Å². The minimum Gasteiger partial charge on any atom is -0.343 e. The van der Waals surface area contributed by atoms with Crippen LogP contribution in [0.15, 0.2) is 18.7 Å². The van der Waals surface area contributed by atoms with Gasteiger partial charge in [-0.05, 0) is 25.7 Å². The summed E-state index contributed by atoms with van der Waals surface area (Å²) in [6.07, 6.45) is 9.83. The Morgan fingerprint density at radius 1 is 1.15 bits per heavy atom. The van der Waals surface area contributed by atoms with E-state index in [4.69, 9.17) is 0 Å². The van der Waals surface area contributed by atoms with Crippen LogP contribution in [0.5, 0.6) is 0 Å². The van der Waals surface area contributed by atoms with Gasteiger partial charge in [0.25, 0.3) is 0 Å². The molecule has 4 rings (SSSR count). The highest BCUT2D eigenvalue weighted by Crippen LogP contribution is 2.38. The molecule has 0 unspecified atom stereocenters. The molecule has 1 aliphatic heterocycles. The lowest BCUT2D eigenvalue weighted by atomic mass is 9.95. The molecule has 26 heavy (non-hydrogen) atoms. The highest BCUT2D eigenvalue weighted by Gasteiger charge is 2.31. The summed E-state index contributed by atoms with van der Waals surface area (Å²) in [7, 11) is 1.77. The number of piperidine rings is 1. The first-order valence-electron chi connectivity index (χ1n) is 9.31. The second-order valence-electron chi connectivity index (χ2n) is 7.31. The van der Waals surface area contributed by atoms with Gasteiger partial charge < -0.3 is 9.47 Å². The fourth-order valence-corrected chi connectivity index (χ4v) is 3.65. The molecule has 1 aliphatic carbocycles. The third-order valence-electron chi connectivity index (χ3n) is 5.35. The largest absolute Gasteiger partial charge is 0.343 e. The molecular formula is C18H24N6O2. The van der Waals surface area contributed by atoms with E-state index in [1.807, 2.05) is 11.2 Å². The van der Waals surface area contributed by atoms with Crippen LogP contribution in [0.3, 0.4) is 0 Å². The minimum absolute atomic E-state index is 0.0288. The lowest BCUT2D eigenvalue weighted by molar-refractivity contribution is -0.132. The first kappa shape index (κ1) is 16.9. The van der Waals surface area contributed by atoms with Crippen molar-refractivity contribution < 1.29 is 9.59 Å². The van der Waals surface area contributed by atoms with Gasteiger partial charge in [-0.25, -0.2) is 0 Å². The van der Waals surface area contributed by atoms with E-state index in [2.05, 4.69) is 19.9 Å². The maximum Gasteiger partial charge on any atom is 0.223 e. The van der Waals surface area contributed by atoms with Gasteiger partial charge >= 0.3 is 0 Å². The monoisotopic (exact) mass is 356 g/mol. The molecule has 0 radical (unpaired) electrons.